The lowest BCUT2D eigenvalue weighted by molar-refractivity contribution is 0.101. The third-order valence-electron chi connectivity index (χ3n) is 4.03. The number of ether oxygens (including phenoxy) is 2. The fourth-order valence-corrected chi connectivity index (χ4v) is 2.79. The summed E-state index contributed by atoms with van der Waals surface area (Å²) in [5.41, 5.74) is 0.622. The average Bonchev–Trinajstić information content (AvgIpc) is 2.97. The molecule has 0 unspecified atom stereocenters. The minimum absolute atomic E-state index is 0.199. The van der Waals surface area contributed by atoms with Crippen LogP contribution in [0.1, 0.15) is 10.5 Å². The molecule has 0 aliphatic rings. The van der Waals surface area contributed by atoms with Gasteiger partial charge in [0.2, 0.25) is 0 Å². The quantitative estimate of drug-likeness (QED) is 0.715. The van der Waals surface area contributed by atoms with Crippen LogP contribution in [0, 0.1) is 17.5 Å². The van der Waals surface area contributed by atoms with Gasteiger partial charge in [-0.05, 0) is 18.2 Å². The SMILES string of the molecule is COc1ccc(OC)c2c1cc(C(=O)Nc1cc(F)c(F)c(F)c1)n2C. The Balaban J connectivity index is 2.05. The molecule has 3 aromatic rings. The largest absolute Gasteiger partial charge is 0.496 e. The van der Waals surface area contributed by atoms with E-state index in [4.69, 9.17) is 9.47 Å². The van der Waals surface area contributed by atoms with Crippen LogP contribution in [0.15, 0.2) is 30.3 Å². The lowest BCUT2D eigenvalue weighted by Gasteiger charge is -2.09. The van der Waals surface area contributed by atoms with Gasteiger partial charge in [0.1, 0.15) is 17.2 Å². The monoisotopic (exact) mass is 364 g/mol. The molecule has 26 heavy (non-hydrogen) atoms. The number of hydrogen-bond donors (Lipinski definition) is 1. The summed E-state index contributed by atoms with van der Waals surface area (Å²) in [6, 6.07) is 6.39. The Morgan fingerprint density at radius 3 is 2.15 bits per heavy atom. The van der Waals surface area contributed by atoms with E-state index in [2.05, 4.69) is 5.32 Å². The molecule has 0 spiro atoms. The van der Waals surface area contributed by atoms with Crippen molar-refractivity contribution in [3.63, 3.8) is 0 Å². The minimum Gasteiger partial charge on any atom is -0.496 e. The van der Waals surface area contributed by atoms with Gasteiger partial charge in [0, 0.05) is 30.3 Å². The Labute approximate surface area is 146 Å². The predicted octanol–water partition coefficient (Wildman–Crippen LogP) is 3.87. The van der Waals surface area contributed by atoms with Crippen LogP contribution in [-0.2, 0) is 7.05 Å². The second kappa shape index (κ2) is 6.62. The molecule has 0 radical (unpaired) electrons. The predicted molar refractivity (Wildman–Crippen MR) is 90.3 cm³/mol. The highest BCUT2D eigenvalue weighted by atomic mass is 19.2. The van der Waals surface area contributed by atoms with Gasteiger partial charge in [-0.15, -0.1) is 0 Å². The zero-order chi connectivity index (χ0) is 19.0. The van der Waals surface area contributed by atoms with Crippen molar-refractivity contribution in [2.75, 3.05) is 19.5 Å². The summed E-state index contributed by atoms with van der Waals surface area (Å²) >= 11 is 0. The third kappa shape index (κ3) is 2.83. The maximum absolute atomic E-state index is 13.3. The van der Waals surface area contributed by atoms with E-state index in [0.717, 1.165) is 0 Å². The third-order valence-corrected chi connectivity index (χ3v) is 4.03. The lowest BCUT2D eigenvalue weighted by Crippen LogP contribution is -2.16. The number of benzene rings is 2. The zero-order valence-corrected chi connectivity index (χ0v) is 14.2. The molecule has 0 bridgehead atoms. The number of amides is 1. The van der Waals surface area contributed by atoms with E-state index in [9.17, 15) is 18.0 Å². The highest BCUT2D eigenvalue weighted by Gasteiger charge is 2.20. The first-order valence-electron chi connectivity index (χ1n) is 7.53. The van der Waals surface area contributed by atoms with Crippen LogP contribution in [0.3, 0.4) is 0 Å². The summed E-state index contributed by atoms with van der Waals surface area (Å²) in [5, 5.41) is 2.99. The summed E-state index contributed by atoms with van der Waals surface area (Å²) in [7, 11) is 4.64. The van der Waals surface area contributed by atoms with Gasteiger partial charge in [0.25, 0.3) is 5.91 Å². The summed E-state index contributed by atoms with van der Waals surface area (Å²) in [4.78, 5) is 12.6. The number of fused-ring (bicyclic) bond motifs is 1. The van der Waals surface area contributed by atoms with Crippen LogP contribution in [0.4, 0.5) is 18.9 Å². The molecule has 0 atom stereocenters. The van der Waals surface area contributed by atoms with Crippen molar-refractivity contribution in [1.82, 2.24) is 4.57 Å². The molecule has 3 rings (SSSR count). The Kier molecular flexibility index (Phi) is 4.50. The second-order valence-electron chi connectivity index (χ2n) is 5.53. The molecule has 0 saturated heterocycles. The molecule has 0 saturated carbocycles. The van der Waals surface area contributed by atoms with Crippen LogP contribution in [0.25, 0.3) is 10.9 Å². The second-order valence-corrected chi connectivity index (χ2v) is 5.53. The highest BCUT2D eigenvalue weighted by Crippen LogP contribution is 2.35. The van der Waals surface area contributed by atoms with Crippen LogP contribution in [0.2, 0.25) is 0 Å². The first kappa shape index (κ1) is 17.7. The zero-order valence-electron chi connectivity index (χ0n) is 14.2. The summed E-state index contributed by atoms with van der Waals surface area (Å²) in [6.07, 6.45) is 0. The van der Waals surface area contributed by atoms with Crippen molar-refractivity contribution in [1.29, 1.82) is 0 Å². The van der Waals surface area contributed by atoms with Crippen LogP contribution in [0.5, 0.6) is 11.5 Å². The molecule has 2 aromatic carbocycles. The Morgan fingerprint density at radius 1 is 1.00 bits per heavy atom. The van der Waals surface area contributed by atoms with Crippen molar-refractivity contribution in [3.8, 4) is 11.5 Å². The average molecular weight is 364 g/mol. The first-order valence-corrected chi connectivity index (χ1v) is 7.53. The number of aromatic nitrogens is 1. The summed E-state index contributed by atoms with van der Waals surface area (Å²) < 4.78 is 51.9. The molecule has 1 aromatic heterocycles. The minimum atomic E-state index is -1.60. The fraction of sp³-hybridized carbons (Fsp3) is 0.167. The number of carbonyl (C=O) groups excluding carboxylic acids is 1. The molecule has 8 heteroatoms. The van der Waals surface area contributed by atoms with Gasteiger partial charge in [-0.25, -0.2) is 13.2 Å². The number of carbonyl (C=O) groups is 1. The topological polar surface area (TPSA) is 52.5 Å². The van der Waals surface area contributed by atoms with Crippen LogP contribution >= 0.6 is 0 Å². The van der Waals surface area contributed by atoms with Crippen molar-refractivity contribution in [2.24, 2.45) is 7.05 Å². The van der Waals surface area contributed by atoms with Crippen molar-refractivity contribution < 1.29 is 27.4 Å². The van der Waals surface area contributed by atoms with Crippen molar-refractivity contribution >= 4 is 22.5 Å². The molecular weight excluding hydrogens is 349 g/mol. The van der Waals surface area contributed by atoms with E-state index in [-0.39, 0.29) is 11.4 Å². The molecule has 0 fully saturated rings. The molecular formula is C18H15F3N2O3. The maximum atomic E-state index is 13.3. The molecule has 136 valence electrons. The van der Waals surface area contributed by atoms with Gasteiger partial charge >= 0.3 is 0 Å². The summed E-state index contributed by atoms with van der Waals surface area (Å²) in [6.45, 7) is 0. The van der Waals surface area contributed by atoms with E-state index in [1.54, 1.807) is 29.8 Å². The van der Waals surface area contributed by atoms with Crippen molar-refractivity contribution in [3.05, 3.63) is 53.5 Å². The highest BCUT2D eigenvalue weighted by molar-refractivity contribution is 6.08. The summed E-state index contributed by atoms with van der Waals surface area (Å²) in [5.74, 6) is -3.93. The number of aryl methyl sites for hydroxylation is 1. The number of anilines is 1. The van der Waals surface area contributed by atoms with Gasteiger partial charge < -0.3 is 19.4 Å². The Bertz CT molecular complexity index is 992. The molecule has 1 N–H and O–H groups in total. The maximum Gasteiger partial charge on any atom is 0.272 e. The van der Waals surface area contributed by atoms with Gasteiger partial charge in [0.15, 0.2) is 17.5 Å². The van der Waals surface area contributed by atoms with Crippen molar-refractivity contribution in [2.45, 2.75) is 0 Å². The Hall–Kier alpha value is -3.16. The van der Waals surface area contributed by atoms with E-state index in [1.807, 2.05) is 0 Å². The number of nitrogens with one attached hydrogen (secondary N) is 1. The molecule has 1 amide bonds. The first-order chi connectivity index (χ1) is 12.4. The van der Waals surface area contributed by atoms with Crippen LogP contribution in [-0.4, -0.2) is 24.7 Å². The lowest BCUT2D eigenvalue weighted by atomic mass is 10.2. The van der Waals surface area contributed by atoms with Gasteiger partial charge in [-0.2, -0.15) is 0 Å². The van der Waals surface area contributed by atoms with E-state index in [0.29, 0.717) is 34.5 Å². The fourth-order valence-electron chi connectivity index (χ4n) is 2.79. The number of halogens is 3. The van der Waals surface area contributed by atoms with E-state index in [1.165, 1.54) is 14.2 Å². The van der Waals surface area contributed by atoms with Crippen LogP contribution < -0.4 is 14.8 Å². The smallest absolute Gasteiger partial charge is 0.272 e. The van der Waals surface area contributed by atoms with Gasteiger partial charge in [-0.1, -0.05) is 0 Å². The Morgan fingerprint density at radius 2 is 1.58 bits per heavy atom. The number of methoxy groups -OCH3 is 2. The van der Waals surface area contributed by atoms with E-state index < -0.39 is 23.4 Å². The molecule has 0 aliphatic carbocycles. The van der Waals surface area contributed by atoms with E-state index >= 15 is 0 Å². The number of hydrogen-bond acceptors (Lipinski definition) is 3. The molecule has 0 aliphatic heterocycles. The molecule has 1 heterocycles. The van der Waals surface area contributed by atoms with Gasteiger partial charge in [-0.3, -0.25) is 4.79 Å². The molecule has 5 nitrogen and oxygen atoms in total. The normalized spacial score (nSPS) is 10.8. The van der Waals surface area contributed by atoms with Gasteiger partial charge in [0.05, 0.1) is 19.7 Å². The number of rotatable bonds is 4. The standard InChI is InChI=1S/C18H15F3N2O3/c1-23-13(8-10-14(25-2)4-5-15(26-3)17(10)23)18(24)22-9-6-11(19)16(21)12(20)7-9/h4-8H,1-3H3,(H,22,24). The number of nitrogens with zero attached hydrogens (tertiary/aromatic N) is 1.